The number of halogens is 1. The summed E-state index contributed by atoms with van der Waals surface area (Å²) in [7, 11) is -0.272. The number of aromatic nitrogens is 2. The van der Waals surface area contributed by atoms with Crippen molar-refractivity contribution in [3.63, 3.8) is 0 Å². The second-order valence-electron chi connectivity index (χ2n) is 3.76. The Kier molecular flexibility index (Phi) is 3.98. The normalized spacial score (nSPS) is 14.4. The first-order valence-electron chi connectivity index (χ1n) is 4.84. The molecule has 0 spiro atoms. The molecule has 1 heterocycles. The van der Waals surface area contributed by atoms with Gasteiger partial charge in [0.1, 0.15) is 5.82 Å². The second kappa shape index (κ2) is 4.73. The number of aryl methyl sites for hydroxylation is 2. The van der Waals surface area contributed by atoms with Gasteiger partial charge >= 0.3 is 0 Å². The highest BCUT2D eigenvalue weighted by atomic mass is 35.5. The lowest BCUT2D eigenvalue weighted by molar-refractivity contribution is 0.411. The lowest BCUT2D eigenvalue weighted by Crippen LogP contribution is -2.36. The first kappa shape index (κ1) is 13.5. The summed E-state index contributed by atoms with van der Waals surface area (Å²) in [6.07, 6.45) is 1.50. The zero-order valence-corrected chi connectivity index (χ0v) is 11.4. The summed E-state index contributed by atoms with van der Waals surface area (Å²) in [5.74, 6) is 0.909. The van der Waals surface area contributed by atoms with E-state index in [-0.39, 0.29) is 16.9 Å². The zero-order valence-electron chi connectivity index (χ0n) is 9.81. The molecule has 0 fully saturated rings. The molecular formula is C9H16ClN3O2S. The van der Waals surface area contributed by atoms with Gasteiger partial charge in [-0.3, -0.25) is 0 Å². The summed E-state index contributed by atoms with van der Waals surface area (Å²) >= 11 is 5.65. The Morgan fingerprint density at radius 2 is 2.19 bits per heavy atom. The van der Waals surface area contributed by atoms with Gasteiger partial charge in [-0.2, -0.15) is 4.31 Å². The van der Waals surface area contributed by atoms with Gasteiger partial charge in [0.05, 0.1) is 0 Å². The lowest BCUT2D eigenvalue weighted by atomic mass is 10.4. The van der Waals surface area contributed by atoms with Crippen molar-refractivity contribution in [1.29, 1.82) is 0 Å². The average molecular weight is 266 g/mol. The highest BCUT2D eigenvalue weighted by Gasteiger charge is 2.27. The summed E-state index contributed by atoms with van der Waals surface area (Å²) in [6, 6.07) is -0.256. The van der Waals surface area contributed by atoms with Crippen LogP contribution in [0.5, 0.6) is 0 Å². The molecule has 0 aromatic carbocycles. The molecule has 0 N–H and O–H groups in total. The molecule has 0 aliphatic rings. The standard InChI is InChI=1S/C9H16ClN3O2S/c1-7(5-10)13(4)16(14,15)9-6-12(3)8(2)11-9/h6-7H,5H2,1-4H3. The molecule has 0 aliphatic heterocycles. The number of imidazole rings is 1. The van der Waals surface area contributed by atoms with Gasteiger partial charge in [0.2, 0.25) is 0 Å². The van der Waals surface area contributed by atoms with Crippen molar-refractivity contribution in [2.75, 3.05) is 12.9 Å². The van der Waals surface area contributed by atoms with E-state index in [0.717, 1.165) is 0 Å². The van der Waals surface area contributed by atoms with E-state index in [2.05, 4.69) is 4.98 Å². The molecule has 16 heavy (non-hydrogen) atoms. The molecule has 5 nitrogen and oxygen atoms in total. The Morgan fingerprint density at radius 3 is 2.56 bits per heavy atom. The Bertz CT molecular complexity index is 450. The van der Waals surface area contributed by atoms with Crippen molar-refractivity contribution in [3.05, 3.63) is 12.0 Å². The van der Waals surface area contributed by atoms with E-state index in [0.29, 0.717) is 5.82 Å². The van der Waals surface area contributed by atoms with Gasteiger partial charge in [0, 0.05) is 32.2 Å². The first-order chi connectivity index (χ1) is 7.30. The van der Waals surface area contributed by atoms with E-state index in [1.165, 1.54) is 17.5 Å². The fourth-order valence-electron chi connectivity index (χ4n) is 1.13. The minimum Gasteiger partial charge on any atom is -0.337 e. The zero-order chi connectivity index (χ0) is 12.5. The lowest BCUT2D eigenvalue weighted by Gasteiger charge is -2.20. The van der Waals surface area contributed by atoms with E-state index in [9.17, 15) is 8.42 Å². The summed E-state index contributed by atoms with van der Waals surface area (Å²) in [6.45, 7) is 3.50. The largest absolute Gasteiger partial charge is 0.337 e. The van der Waals surface area contributed by atoms with E-state index < -0.39 is 10.0 Å². The van der Waals surface area contributed by atoms with E-state index in [1.807, 2.05) is 0 Å². The summed E-state index contributed by atoms with van der Waals surface area (Å²) in [4.78, 5) is 4.01. The fraction of sp³-hybridized carbons (Fsp3) is 0.667. The van der Waals surface area contributed by atoms with Crippen LogP contribution in [0.15, 0.2) is 11.2 Å². The average Bonchev–Trinajstić information content (AvgIpc) is 2.57. The molecule has 1 atom stereocenters. The molecule has 92 valence electrons. The summed E-state index contributed by atoms with van der Waals surface area (Å²) in [5.41, 5.74) is 0. The van der Waals surface area contributed by atoms with Crippen LogP contribution in [0, 0.1) is 6.92 Å². The van der Waals surface area contributed by atoms with Crippen molar-refractivity contribution in [2.45, 2.75) is 24.9 Å². The van der Waals surface area contributed by atoms with Crippen LogP contribution in [0.4, 0.5) is 0 Å². The Labute approximate surface area is 101 Å². The molecular weight excluding hydrogens is 250 g/mol. The van der Waals surface area contributed by atoms with Crippen LogP contribution in [0.25, 0.3) is 0 Å². The van der Waals surface area contributed by atoms with Gasteiger partial charge in [-0.05, 0) is 13.8 Å². The number of hydrogen-bond acceptors (Lipinski definition) is 3. The van der Waals surface area contributed by atoms with Crippen molar-refractivity contribution < 1.29 is 8.42 Å². The molecule has 1 unspecified atom stereocenters. The number of sulfonamides is 1. The van der Waals surface area contributed by atoms with Crippen molar-refractivity contribution in [3.8, 4) is 0 Å². The van der Waals surface area contributed by atoms with Gasteiger partial charge in [-0.15, -0.1) is 11.6 Å². The number of alkyl halides is 1. The molecule has 0 aliphatic carbocycles. The van der Waals surface area contributed by atoms with Crippen molar-refractivity contribution in [1.82, 2.24) is 13.9 Å². The van der Waals surface area contributed by atoms with E-state index in [1.54, 1.807) is 25.5 Å². The van der Waals surface area contributed by atoms with Crippen LogP contribution >= 0.6 is 11.6 Å². The molecule has 0 radical (unpaired) electrons. The van der Waals surface area contributed by atoms with Crippen molar-refractivity contribution in [2.24, 2.45) is 7.05 Å². The molecule has 0 amide bonds. The number of rotatable bonds is 4. The van der Waals surface area contributed by atoms with Gasteiger partial charge in [0.25, 0.3) is 10.0 Å². The Morgan fingerprint density at radius 1 is 1.62 bits per heavy atom. The third kappa shape index (κ3) is 2.39. The van der Waals surface area contributed by atoms with Gasteiger partial charge in [-0.25, -0.2) is 13.4 Å². The molecule has 1 rings (SSSR count). The topological polar surface area (TPSA) is 55.2 Å². The van der Waals surface area contributed by atoms with Crippen LogP contribution in [0.2, 0.25) is 0 Å². The molecule has 1 aromatic rings. The summed E-state index contributed by atoms with van der Waals surface area (Å²) < 4.78 is 27.1. The minimum atomic E-state index is -3.54. The third-order valence-corrected chi connectivity index (χ3v) is 4.86. The highest BCUT2D eigenvalue weighted by molar-refractivity contribution is 7.89. The smallest absolute Gasteiger partial charge is 0.262 e. The quantitative estimate of drug-likeness (QED) is 0.763. The first-order valence-corrected chi connectivity index (χ1v) is 6.82. The van der Waals surface area contributed by atoms with Gasteiger partial charge in [0.15, 0.2) is 5.03 Å². The molecule has 7 heteroatoms. The molecule has 0 bridgehead atoms. The maximum atomic E-state index is 12.1. The van der Waals surface area contributed by atoms with E-state index >= 15 is 0 Å². The SMILES string of the molecule is Cc1nc(S(=O)(=O)N(C)C(C)CCl)cn1C. The van der Waals surface area contributed by atoms with Crippen LogP contribution in [0.1, 0.15) is 12.7 Å². The number of hydrogen-bond donors (Lipinski definition) is 0. The number of nitrogens with zero attached hydrogens (tertiary/aromatic N) is 3. The monoisotopic (exact) mass is 265 g/mol. The fourth-order valence-corrected chi connectivity index (χ4v) is 2.80. The van der Waals surface area contributed by atoms with Crippen LogP contribution < -0.4 is 0 Å². The van der Waals surface area contributed by atoms with Crippen LogP contribution in [-0.4, -0.2) is 41.2 Å². The van der Waals surface area contributed by atoms with Crippen molar-refractivity contribution >= 4 is 21.6 Å². The predicted octanol–water partition coefficient (Wildman–Crippen LogP) is 0.976. The highest BCUT2D eigenvalue weighted by Crippen LogP contribution is 2.15. The maximum Gasteiger partial charge on any atom is 0.262 e. The van der Waals surface area contributed by atoms with E-state index in [4.69, 9.17) is 11.6 Å². The molecule has 0 saturated heterocycles. The predicted molar refractivity (Wildman–Crippen MR) is 63.1 cm³/mol. The van der Waals surface area contributed by atoms with Gasteiger partial charge in [-0.1, -0.05) is 0 Å². The third-order valence-electron chi connectivity index (χ3n) is 2.57. The Hall–Kier alpha value is -0.590. The van der Waals surface area contributed by atoms with Gasteiger partial charge < -0.3 is 4.57 Å². The minimum absolute atomic E-state index is 0.0620. The molecule has 0 saturated carbocycles. The summed E-state index contributed by atoms with van der Waals surface area (Å²) in [5, 5.41) is 0.0620. The Balaban J connectivity index is 3.11. The molecule has 1 aromatic heterocycles. The van der Waals surface area contributed by atoms with Crippen LogP contribution in [0.3, 0.4) is 0 Å². The maximum absolute atomic E-state index is 12.1. The second-order valence-corrected chi connectivity index (χ2v) is 6.01. The van der Waals surface area contributed by atoms with Crippen LogP contribution in [-0.2, 0) is 17.1 Å².